The molecule has 0 fully saturated rings. The van der Waals surface area contributed by atoms with Crippen LogP contribution in [0.5, 0.6) is 11.8 Å². The topological polar surface area (TPSA) is 113 Å². The van der Waals surface area contributed by atoms with E-state index in [9.17, 15) is 0 Å². The minimum atomic E-state index is -1.85. The van der Waals surface area contributed by atoms with Gasteiger partial charge in [0, 0.05) is 24.5 Å². The number of methoxy groups -OCH3 is 2. The first-order chi connectivity index (χ1) is 20.1. The Labute approximate surface area is 261 Å². The van der Waals surface area contributed by atoms with Gasteiger partial charge in [-0.15, -0.1) is 0 Å². The van der Waals surface area contributed by atoms with Crippen LogP contribution in [0, 0.1) is 13.8 Å². The molecule has 42 heavy (non-hydrogen) atoms. The van der Waals surface area contributed by atoms with Crippen LogP contribution >= 0.6 is 11.6 Å². The molecule has 0 atom stereocenters. The molecule has 2 rings (SSSR count). The fourth-order valence-electron chi connectivity index (χ4n) is 3.71. The minimum absolute atomic E-state index is 0.250. The number of unbranched alkanes of at least 4 members (excludes halogenated alkanes) is 3. The summed E-state index contributed by atoms with van der Waals surface area (Å²) in [5.41, 5.74) is 3.14. The molecule has 0 bridgehead atoms. The fourth-order valence-corrected chi connectivity index (χ4v) is 16.8. The van der Waals surface area contributed by atoms with Gasteiger partial charge in [0.1, 0.15) is 0 Å². The zero-order chi connectivity index (χ0) is 32.8. The van der Waals surface area contributed by atoms with Crippen molar-refractivity contribution in [3.8, 4) is 11.8 Å². The summed E-state index contributed by atoms with van der Waals surface area (Å²) < 4.78 is 17.0. The summed E-state index contributed by atoms with van der Waals surface area (Å²) >= 11 is 3.92. The summed E-state index contributed by atoms with van der Waals surface area (Å²) in [7, 11) is 3.17. The first-order valence-electron chi connectivity index (χ1n) is 14.0. The maximum absolute atomic E-state index is 8.12. The van der Waals surface area contributed by atoms with Gasteiger partial charge in [-0.1, -0.05) is 24.3 Å². The minimum Gasteiger partial charge on any atom is -0.481 e. The van der Waals surface area contributed by atoms with Crippen LogP contribution in [-0.2, 0) is 19.2 Å². The van der Waals surface area contributed by atoms with Crippen molar-refractivity contribution in [1.82, 2.24) is 9.97 Å². The van der Waals surface area contributed by atoms with Crippen LogP contribution in [0.4, 0.5) is 0 Å². The predicted molar refractivity (Wildman–Crippen MR) is 171 cm³/mol. The number of pyridine rings is 2. The second-order valence-corrected chi connectivity index (χ2v) is 22.9. The van der Waals surface area contributed by atoms with Crippen LogP contribution in [0.25, 0.3) is 6.08 Å². The summed E-state index contributed by atoms with van der Waals surface area (Å²) in [6.07, 6.45) is 14.2. The number of carbonyl (C=O) groups excluding carboxylic acids is 4. The number of rotatable bonds is 13. The van der Waals surface area contributed by atoms with Gasteiger partial charge in [0.15, 0.2) is 0 Å². The van der Waals surface area contributed by atoms with Gasteiger partial charge in [-0.2, -0.15) is 19.2 Å². The molecule has 0 N–H and O–H groups in total. The number of nitrogens with zero attached hydrogens (tertiary/aromatic N) is 2. The van der Waals surface area contributed by atoms with Crippen LogP contribution in [0.2, 0.25) is 18.3 Å². The van der Waals surface area contributed by atoms with E-state index in [0.717, 1.165) is 16.7 Å². The van der Waals surface area contributed by atoms with E-state index in [0.29, 0.717) is 16.8 Å². The van der Waals surface area contributed by atoms with Crippen molar-refractivity contribution in [3.63, 3.8) is 0 Å². The second kappa shape index (κ2) is 29.7. The fraction of sp³-hybridized carbons (Fsp3) is 0.500. The molecule has 0 spiro atoms. The molecular weight excluding hydrogens is 663 g/mol. The summed E-state index contributed by atoms with van der Waals surface area (Å²) in [5.74, 6) is 1.18. The molecule has 0 aliphatic rings. The maximum Gasteiger partial charge on any atom is 0.373 e. The number of hydrogen-bond acceptors (Lipinski definition) is 8. The molecule has 8 nitrogen and oxygen atoms in total. The predicted octanol–water partition coefficient (Wildman–Crippen LogP) is 8.49. The van der Waals surface area contributed by atoms with Crippen molar-refractivity contribution < 1.29 is 28.7 Å². The van der Waals surface area contributed by atoms with Gasteiger partial charge in [-0.3, -0.25) is 0 Å². The van der Waals surface area contributed by atoms with Gasteiger partial charge in [-0.05, 0) is 30.5 Å². The molecule has 0 saturated carbocycles. The first kappa shape index (κ1) is 43.7. The Kier molecular flexibility index (Phi) is 30.9. The quantitative estimate of drug-likeness (QED) is 0.190. The van der Waals surface area contributed by atoms with Crippen molar-refractivity contribution in [2.24, 2.45) is 0 Å². The molecule has 0 saturated heterocycles. The van der Waals surface area contributed by atoms with Crippen LogP contribution in [-0.4, -0.2) is 54.9 Å². The monoisotopic (exact) mass is 712 g/mol. The molecule has 2 aromatic rings. The van der Waals surface area contributed by atoms with E-state index in [1.54, 1.807) is 52.1 Å². The van der Waals surface area contributed by atoms with E-state index in [2.05, 4.69) is 48.0 Å². The molecule has 0 amide bonds. The Balaban J connectivity index is -0.000000502. The molecule has 10 heteroatoms. The van der Waals surface area contributed by atoms with Crippen molar-refractivity contribution in [2.45, 2.75) is 86.5 Å². The number of aromatic nitrogens is 2. The second-order valence-electron chi connectivity index (χ2n) is 9.31. The molecule has 2 heterocycles. The van der Waals surface area contributed by atoms with E-state index in [-0.39, 0.29) is 12.3 Å². The summed E-state index contributed by atoms with van der Waals surface area (Å²) in [5, 5.41) is 0.687. The Morgan fingerprint density at radius 3 is 1.48 bits per heavy atom. The third-order valence-corrected chi connectivity index (χ3v) is 20.7. The van der Waals surface area contributed by atoms with Crippen molar-refractivity contribution in [2.75, 3.05) is 14.2 Å². The molecular formula is C32H49ClN2O6Sn. The Hall–Kier alpha value is -2.77. The molecule has 0 aliphatic carbocycles. The Morgan fingerprint density at radius 2 is 1.17 bits per heavy atom. The number of aryl methyl sites for hydroxylation is 2. The number of halogens is 1. The summed E-state index contributed by atoms with van der Waals surface area (Å²) in [4.78, 5) is 40.5. The molecule has 234 valence electrons. The van der Waals surface area contributed by atoms with Crippen LogP contribution in [0.15, 0.2) is 41.8 Å². The van der Waals surface area contributed by atoms with Gasteiger partial charge < -0.3 is 9.47 Å². The zero-order valence-electron chi connectivity index (χ0n) is 26.5. The first-order valence-corrected chi connectivity index (χ1v) is 22.1. The van der Waals surface area contributed by atoms with E-state index in [4.69, 9.17) is 40.3 Å². The van der Waals surface area contributed by atoms with Crippen molar-refractivity contribution in [1.29, 1.82) is 0 Å². The average Bonchev–Trinajstić information content (AvgIpc) is 3.00. The summed E-state index contributed by atoms with van der Waals surface area (Å²) in [6.45, 7) is 18.7. The molecule has 0 radical (unpaired) electrons. The Bertz CT molecular complexity index is 1040. The van der Waals surface area contributed by atoms with E-state index < -0.39 is 18.4 Å². The van der Waals surface area contributed by atoms with Crippen LogP contribution < -0.4 is 9.47 Å². The van der Waals surface area contributed by atoms with Crippen LogP contribution in [0.1, 0.15) is 76.0 Å². The zero-order valence-corrected chi connectivity index (χ0v) is 30.1. The third kappa shape index (κ3) is 21.9. The maximum atomic E-state index is 8.12. The molecule has 0 aliphatic heterocycles. The standard InChI is InChI=1S/C9H11NO.C7H8ClNO.3C4H9.C2H3.2CO2.Sn/c1-4-8-5-9(11-3)10-6-7(8)2;1-5-4-9-7(10-2)3-6(5)8;3*1-3-4-2;1-2;2*2-1-3;/h4-6H,1H2,2-3H3;3-4H,1-2H3;3*1,3-4H2,2H3;1H,2H2;;;. The van der Waals surface area contributed by atoms with Gasteiger partial charge in [0.05, 0.1) is 19.2 Å². The largest absolute Gasteiger partial charge is 0.481 e. The van der Waals surface area contributed by atoms with E-state index in [1.807, 2.05) is 19.9 Å². The van der Waals surface area contributed by atoms with Gasteiger partial charge in [0.2, 0.25) is 11.8 Å². The molecule has 0 unspecified atom stereocenters. The van der Waals surface area contributed by atoms with Gasteiger partial charge in [0.25, 0.3) is 0 Å². The SMILES string of the molecule is C=Cc1cc(OC)ncc1C.C=[CH][Sn]([CH2]CCC)([CH2]CCC)[CH2]CCC.COc1cc(Cl)c(C)cn1.O=C=O.O=C=O. The normalized spacial score (nSPS) is 9.24. The average molecular weight is 712 g/mol. The van der Waals surface area contributed by atoms with E-state index >= 15 is 0 Å². The van der Waals surface area contributed by atoms with Crippen molar-refractivity contribution in [3.05, 3.63) is 63.5 Å². The van der Waals surface area contributed by atoms with Crippen LogP contribution in [0.3, 0.4) is 0 Å². The Morgan fingerprint density at radius 1 is 0.786 bits per heavy atom. The van der Waals surface area contributed by atoms with E-state index in [1.165, 1.54) is 38.5 Å². The van der Waals surface area contributed by atoms with Gasteiger partial charge >= 0.3 is 114 Å². The van der Waals surface area contributed by atoms with Crippen molar-refractivity contribution >= 4 is 48.4 Å². The number of hydrogen-bond donors (Lipinski definition) is 0. The van der Waals surface area contributed by atoms with Gasteiger partial charge in [-0.25, -0.2) is 9.97 Å². The summed E-state index contributed by atoms with van der Waals surface area (Å²) in [6, 6.07) is 3.55. The molecule has 2 aromatic heterocycles. The smallest absolute Gasteiger partial charge is 0.373 e. The third-order valence-electron chi connectivity index (χ3n) is 6.29. The molecule has 0 aromatic carbocycles. The number of ether oxygens (including phenoxy) is 2.